The summed E-state index contributed by atoms with van der Waals surface area (Å²) in [5, 5.41) is 10.0. The van der Waals surface area contributed by atoms with Gasteiger partial charge in [0.15, 0.2) is 0 Å². The van der Waals surface area contributed by atoms with Crippen LogP contribution in [-0.2, 0) is 27.2 Å². The summed E-state index contributed by atoms with van der Waals surface area (Å²) >= 11 is 7.54. The molecule has 0 fully saturated rings. The van der Waals surface area contributed by atoms with Gasteiger partial charge in [-0.2, -0.15) is 0 Å². The number of hydrogen-bond donors (Lipinski definition) is 3. The number of fused-ring (bicyclic) bond motifs is 1. The maximum absolute atomic E-state index is 13.4. The normalized spacial score (nSPS) is 12.6. The van der Waals surface area contributed by atoms with Crippen LogP contribution in [0, 0.1) is 0 Å². The first kappa shape index (κ1) is 30.3. The van der Waals surface area contributed by atoms with Crippen molar-refractivity contribution >= 4 is 50.9 Å². The third kappa shape index (κ3) is 9.45. The molecule has 0 aliphatic carbocycles. The van der Waals surface area contributed by atoms with Crippen molar-refractivity contribution < 1.29 is 14.4 Å². The van der Waals surface area contributed by atoms with E-state index in [0.29, 0.717) is 28.6 Å². The number of carbonyl (C=O) groups is 3. The molecule has 0 bridgehead atoms. The molecule has 0 aliphatic heterocycles. The van der Waals surface area contributed by atoms with Gasteiger partial charge in [0.05, 0.1) is 21.3 Å². The molecule has 3 rings (SSSR count). The minimum Gasteiger partial charge on any atom is -0.350 e. The van der Waals surface area contributed by atoms with Gasteiger partial charge < -0.3 is 16.0 Å². The van der Waals surface area contributed by atoms with Gasteiger partial charge in [-0.1, -0.05) is 62.4 Å². The number of nitrogens with one attached hydrogen (secondary N) is 3. The van der Waals surface area contributed by atoms with Crippen molar-refractivity contribution in [1.82, 2.24) is 25.8 Å². The average Bonchev–Trinajstić information content (AvgIpc) is 3.31. The number of nitrogens with zero attached hydrogens (tertiary/aromatic N) is 2. The van der Waals surface area contributed by atoms with Crippen LogP contribution >= 0.6 is 22.9 Å². The Morgan fingerprint density at radius 1 is 1.05 bits per heavy atom. The molecule has 0 saturated heterocycles. The molecule has 2 atom stereocenters. The third-order valence-corrected chi connectivity index (χ3v) is 7.55. The van der Waals surface area contributed by atoms with E-state index < -0.39 is 12.1 Å². The van der Waals surface area contributed by atoms with E-state index in [4.69, 9.17) is 11.6 Å². The van der Waals surface area contributed by atoms with Crippen LogP contribution in [0.4, 0.5) is 0 Å². The van der Waals surface area contributed by atoms with E-state index in [1.54, 1.807) is 6.07 Å². The minimum atomic E-state index is -0.829. The summed E-state index contributed by atoms with van der Waals surface area (Å²) in [6.07, 6.45) is 0.731. The number of benzene rings is 2. The molecule has 10 heteroatoms. The SMILES string of the molecule is C=C(CN(CC)CC)C(=O)NC[C@H](Cc1ccccc1)NC(=O)[C@H](Cc1nc2ccc(Cl)cc2s1)NC(C)=O. The van der Waals surface area contributed by atoms with Crippen molar-refractivity contribution in [3.8, 4) is 0 Å². The van der Waals surface area contributed by atoms with Crippen molar-refractivity contribution in [1.29, 1.82) is 0 Å². The highest BCUT2D eigenvalue weighted by Gasteiger charge is 2.25. The highest BCUT2D eigenvalue weighted by atomic mass is 35.5. The second-order valence-corrected chi connectivity index (χ2v) is 10.9. The molecule has 3 amide bonds. The Hall–Kier alpha value is -3.27. The Labute approximate surface area is 238 Å². The lowest BCUT2D eigenvalue weighted by Gasteiger charge is -2.24. The smallest absolute Gasteiger partial charge is 0.247 e. The molecule has 2 aromatic carbocycles. The van der Waals surface area contributed by atoms with Crippen LogP contribution in [0.15, 0.2) is 60.7 Å². The monoisotopic (exact) mass is 569 g/mol. The van der Waals surface area contributed by atoms with Gasteiger partial charge in [0, 0.05) is 37.0 Å². The van der Waals surface area contributed by atoms with Gasteiger partial charge >= 0.3 is 0 Å². The quantitative estimate of drug-likeness (QED) is 0.257. The molecule has 1 heterocycles. The van der Waals surface area contributed by atoms with E-state index >= 15 is 0 Å². The largest absolute Gasteiger partial charge is 0.350 e. The standard InChI is InChI=1S/C29H36ClN5O3S/c1-5-35(6-2)18-19(3)28(37)31-17-23(14-21-10-8-7-9-11-21)33-29(38)25(32-20(4)36)16-27-34-24-13-12-22(30)15-26(24)39-27/h7-13,15,23,25H,3,5-6,14,16-18H2,1-2,4H3,(H,31,37)(H,32,36)(H,33,38)/t23-,25-/m0/s1. The molecule has 0 aliphatic rings. The second-order valence-electron chi connectivity index (χ2n) is 9.35. The Bertz CT molecular complexity index is 1290. The molecule has 3 aromatic rings. The average molecular weight is 570 g/mol. The van der Waals surface area contributed by atoms with Crippen LogP contribution < -0.4 is 16.0 Å². The Morgan fingerprint density at radius 3 is 2.44 bits per heavy atom. The molecule has 208 valence electrons. The van der Waals surface area contributed by atoms with Crippen LogP contribution in [0.1, 0.15) is 31.3 Å². The van der Waals surface area contributed by atoms with Crippen molar-refractivity contribution in [2.45, 2.75) is 45.7 Å². The lowest BCUT2D eigenvalue weighted by atomic mass is 10.0. The van der Waals surface area contributed by atoms with Crippen LogP contribution in [0.5, 0.6) is 0 Å². The number of thiazole rings is 1. The second kappa shape index (κ2) is 14.8. The summed E-state index contributed by atoms with van der Waals surface area (Å²) in [4.78, 5) is 44.9. The fourth-order valence-electron chi connectivity index (χ4n) is 4.17. The van der Waals surface area contributed by atoms with Crippen LogP contribution in [0.25, 0.3) is 10.2 Å². The summed E-state index contributed by atoms with van der Waals surface area (Å²) in [5.74, 6) is -0.916. The molecule has 39 heavy (non-hydrogen) atoms. The third-order valence-electron chi connectivity index (χ3n) is 6.28. The van der Waals surface area contributed by atoms with Crippen LogP contribution in [0.3, 0.4) is 0 Å². The highest BCUT2D eigenvalue weighted by molar-refractivity contribution is 7.18. The number of amides is 3. The fourth-order valence-corrected chi connectivity index (χ4v) is 5.46. The predicted molar refractivity (Wildman–Crippen MR) is 158 cm³/mol. The molecular weight excluding hydrogens is 534 g/mol. The van der Waals surface area contributed by atoms with Crippen molar-refractivity contribution in [2.75, 3.05) is 26.2 Å². The first-order valence-corrected chi connectivity index (χ1v) is 14.2. The summed E-state index contributed by atoms with van der Waals surface area (Å²) in [7, 11) is 0. The molecule has 1 aromatic heterocycles. The van der Waals surface area contributed by atoms with Crippen LogP contribution in [0.2, 0.25) is 5.02 Å². The fraction of sp³-hybridized carbons (Fsp3) is 0.379. The minimum absolute atomic E-state index is 0.211. The van der Waals surface area contributed by atoms with Gasteiger partial charge in [0.2, 0.25) is 17.7 Å². The van der Waals surface area contributed by atoms with E-state index in [1.807, 2.05) is 56.3 Å². The first-order chi connectivity index (χ1) is 18.7. The van der Waals surface area contributed by atoms with Crippen molar-refractivity contribution in [3.63, 3.8) is 0 Å². The predicted octanol–water partition coefficient (Wildman–Crippen LogP) is 3.74. The maximum Gasteiger partial charge on any atom is 0.247 e. The van der Waals surface area contributed by atoms with Gasteiger partial charge in [-0.05, 0) is 43.3 Å². The lowest BCUT2D eigenvalue weighted by molar-refractivity contribution is -0.128. The van der Waals surface area contributed by atoms with E-state index in [0.717, 1.165) is 28.9 Å². The number of likely N-dealkylation sites (N-methyl/N-ethyl adjacent to an activating group) is 1. The molecule has 0 radical (unpaired) electrons. The summed E-state index contributed by atoms with van der Waals surface area (Å²) in [6.45, 7) is 11.7. The molecular formula is C29H36ClN5O3S. The van der Waals surface area contributed by atoms with Gasteiger partial charge in [0.25, 0.3) is 0 Å². The first-order valence-electron chi connectivity index (χ1n) is 13.0. The van der Waals surface area contributed by atoms with Crippen LogP contribution in [-0.4, -0.2) is 65.9 Å². The lowest BCUT2D eigenvalue weighted by Crippen LogP contribution is -2.53. The molecule has 3 N–H and O–H groups in total. The topological polar surface area (TPSA) is 103 Å². The zero-order valence-corrected chi connectivity index (χ0v) is 24.2. The number of halogens is 1. The maximum atomic E-state index is 13.4. The highest BCUT2D eigenvalue weighted by Crippen LogP contribution is 2.26. The Morgan fingerprint density at radius 2 is 1.77 bits per heavy atom. The van der Waals surface area contributed by atoms with Crippen molar-refractivity contribution in [2.24, 2.45) is 0 Å². The Kier molecular flexibility index (Phi) is 11.5. The number of hydrogen-bond acceptors (Lipinski definition) is 6. The number of carbonyl (C=O) groups excluding carboxylic acids is 3. The zero-order valence-electron chi connectivity index (χ0n) is 22.6. The van der Waals surface area contributed by atoms with Gasteiger partial charge in [-0.25, -0.2) is 4.98 Å². The Balaban J connectivity index is 1.72. The molecule has 8 nitrogen and oxygen atoms in total. The summed E-state index contributed by atoms with van der Waals surface area (Å²) in [5.41, 5.74) is 2.27. The number of rotatable bonds is 14. The molecule has 0 saturated carbocycles. The van der Waals surface area contributed by atoms with Crippen molar-refractivity contribution in [3.05, 3.63) is 76.3 Å². The zero-order chi connectivity index (χ0) is 28.4. The van der Waals surface area contributed by atoms with E-state index in [2.05, 4.69) is 32.4 Å². The van der Waals surface area contributed by atoms with Gasteiger partial charge in [-0.3, -0.25) is 19.3 Å². The van der Waals surface area contributed by atoms with Gasteiger partial charge in [0.1, 0.15) is 6.04 Å². The van der Waals surface area contributed by atoms with E-state index in [9.17, 15) is 14.4 Å². The summed E-state index contributed by atoms with van der Waals surface area (Å²) in [6, 6.07) is 13.9. The molecule has 0 unspecified atom stereocenters. The van der Waals surface area contributed by atoms with E-state index in [-0.39, 0.29) is 30.7 Å². The summed E-state index contributed by atoms with van der Waals surface area (Å²) < 4.78 is 0.911. The molecule has 0 spiro atoms. The number of aromatic nitrogens is 1. The van der Waals surface area contributed by atoms with E-state index in [1.165, 1.54) is 18.3 Å². The van der Waals surface area contributed by atoms with Gasteiger partial charge in [-0.15, -0.1) is 11.3 Å².